The van der Waals surface area contributed by atoms with E-state index in [0.717, 1.165) is 10.0 Å². The second-order valence-electron chi connectivity index (χ2n) is 7.43. The number of benzene rings is 3. The first-order chi connectivity index (χ1) is 16.0. The third-order valence-electron chi connectivity index (χ3n) is 5.31. The minimum atomic E-state index is -0.767. The summed E-state index contributed by atoms with van der Waals surface area (Å²) in [7, 11) is 0. The average molecular weight is 504 g/mol. The molecule has 1 heterocycles. The summed E-state index contributed by atoms with van der Waals surface area (Å²) < 4.78 is 6.37. The standard InChI is InChI=1S/C27H22BrNO4/c1-2-33-22-15-13-21(14-16-22)29-25(19-9-11-20(28)12-10-19)24(26(31)27(29)32)23(30)17-8-18-6-4-3-5-7-18/h3-17,25,31H,2H2,1H3/b17-8+/t25-/m0/s1. The number of hydrogen-bond donors (Lipinski definition) is 1. The van der Waals surface area contributed by atoms with Crippen LogP contribution < -0.4 is 9.64 Å². The van der Waals surface area contributed by atoms with Crippen LogP contribution in [0.1, 0.15) is 24.1 Å². The molecule has 4 rings (SSSR count). The number of anilines is 1. The molecule has 166 valence electrons. The SMILES string of the molecule is CCOc1ccc(N2C(=O)C(O)=C(C(=O)/C=C/c3ccccc3)[C@@H]2c2ccc(Br)cc2)cc1. The van der Waals surface area contributed by atoms with Gasteiger partial charge in [-0.15, -0.1) is 0 Å². The fourth-order valence-corrected chi connectivity index (χ4v) is 4.04. The van der Waals surface area contributed by atoms with Crippen LogP contribution in [0.2, 0.25) is 0 Å². The molecule has 0 saturated heterocycles. The first-order valence-corrected chi connectivity index (χ1v) is 11.3. The average Bonchev–Trinajstić information content (AvgIpc) is 3.10. The molecule has 0 aliphatic carbocycles. The number of amides is 1. The molecule has 6 heteroatoms. The molecule has 1 atom stereocenters. The molecule has 3 aromatic carbocycles. The summed E-state index contributed by atoms with van der Waals surface area (Å²) in [4.78, 5) is 27.8. The van der Waals surface area contributed by atoms with Gasteiger partial charge in [0.2, 0.25) is 0 Å². The quantitative estimate of drug-likeness (QED) is 0.399. The van der Waals surface area contributed by atoms with Gasteiger partial charge >= 0.3 is 0 Å². The van der Waals surface area contributed by atoms with Crippen molar-refractivity contribution < 1.29 is 19.4 Å². The molecule has 5 nitrogen and oxygen atoms in total. The van der Waals surface area contributed by atoms with E-state index in [1.807, 2.05) is 61.5 Å². The fraction of sp³-hybridized carbons (Fsp3) is 0.111. The topological polar surface area (TPSA) is 66.8 Å². The number of aliphatic hydroxyl groups is 1. The second-order valence-corrected chi connectivity index (χ2v) is 8.34. The molecule has 33 heavy (non-hydrogen) atoms. The molecule has 0 bridgehead atoms. The molecule has 1 aliphatic rings. The summed E-state index contributed by atoms with van der Waals surface area (Å²) in [5.74, 6) is -0.915. The maximum atomic E-state index is 13.2. The largest absolute Gasteiger partial charge is 0.503 e. The molecule has 3 aromatic rings. The third kappa shape index (κ3) is 4.76. The van der Waals surface area contributed by atoms with Gasteiger partial charge < -0.3 is 9.84 Å². The number of carbonyl (C=O) groups excluding carboxylic acids is 2. The van der Waals surface area contributed by atoms with E-state index in [9.17, 15) is 14.7 Å². The van der Waals surface area contributed by atoms with E-state index in [-0.39, 0.29) is 5.57 Å². The van der Waals surface area contributed by atoms with E-state index in [2.05, 4.69) is 15.9 Å². The van der Waals surface area contributed by atoms with Crippen molar-refractivity contribution in [3.05, 3.63) is 112 Å². The Morgan fingerprint density at radius 3 is 2.33 bits per heavy atom. The first-order valence-electron chi connectivity index (χ1n) is 10.5. The molecule has 1 aliphatic heterocycles. The van der Waals surface area contributed by atoms with E-state index in [1.165, 1.54) is 11.0 Å². The number of ketones is 1. The van der Waals surface area contributed by atoms with Crippen molar-refractivity contribution in [2.45, 2.75) is 13.0 Å². The third-order valence-corrected chi connectivity index (χ3v) is 5.84. The van der Waals surface area contributed by atoms with Gasteiger partial charge in [-0.3, -0.25) is 14.5 Å². The predicted molar refractivity (Wildman–Crippen MR) is 132 cm³/mol. The maximum absolute atomic E-state index is 13.2. The van der Waals surface area contributed by atoms with Crippen LogP contribution in [-0.2, 0) is 9.59 Å². The van der Waals surface area contributed by atoms with Crippen molar-refractivity contribution in [1.82, 2.24) is 0 Å². The first kappa shape index (κ1) is 22.6. The summed E-state index contributed by atoms with van der Waals surface area (Å²) >= 11 is 3.42. The van der Waals surface area contributed by atoms with Crippen molar-refractivity contribution in [3.63, 3.8) is 0 Å². The fourth-order valence-electron chi connectivity index (χ4n) is 3.78. The highest BCUT2D eigenvalue weighted by atomic mass is 79.9. The number of halogens is 1. The Morgan fingerprint density at radius 1 is 1.03 bits per heavy atom. The van der Waals surface area contributed by atoms with Gasteiger partial charge in [0, 0.05) is 10.2 Å². The lowest BCUT2D eigenvalue weighted by atomic mass is 9.95. The van der Waals surface area contributed by atoms with Crippen LogP contribution in [-0.4, -0.2) is 23.4 Å². The smallest absolute Gasteiger partial charge is 0.294 e. The molecule has 0 radical (unpaired) electrons. The molecule has 0 spiro atoms. The zero-order chi connectivity index (χ0) is 23.4. The minimum absolute atomic E-state index is 0.0448. The molecule has 0 unspecified atom stereocenters. The number of carbonyl (C=O) groups is 2. The molecule has 1 amide bonds. The molecular formula is C27H22BrNO4. The summed E-state index contributed by atoms with van der Waals surface area (Å²) in [6, 6.07) is 23.0. The van der Waals surface area contributed by atoms with E-state index in [0.29, 0.717) is 23.6 Å². The molecule has 0 saturated carbocycles. The highest BCUT2D eigenvalue weighted by molar-refractivity contribution is 9.10. The predicted octanol–water partition coefficient (Wildman–Crippen LogP) is 6.03. The van der Waals surface area contributed by atoms with Gasteiger partial charge in [-0.25, -0.2) is 0 Å². The molecule has 0 fully saturated rings. The lowest BCUT2D eigenvalue weighted by molar-refractivity contribution is -0.117. The van der Waals surface area contributed by atoms with Crippen LogP contribution in [0.25, 0.3) is 6.08 Å². The normalized spacial score (nSPS) is 16.0. The van der Waals surface area contributed by atoms with Crippen LogP contribution in [0.15, 0.2) is 101 Å². The van der Waals surface area contributed by atoms with Crippen molar-refractivity contribution in [2.24, 2.45) is 0 Å². The highest BCUT2D eigenvalue weighted by Crippen LogP contribution is 2.41. The van der Waals surface area contributed by atoms with Gasteiger partial charge in [0.25, 0.3) is 5.91 Å². The van der Waals surface area contributed by atoms with Crippen LogP contribution in [0.3, 0.4) is 0 Å². The van der Waals surface area contributed by atoms with Crippen molar-refractivity contribution in [1.29, 1.82) is 0 Å². The van der Waals surface area contributed by atoms with Crippen molar-refractivity contribution in [3.8, 4) is 5.75 Å². The van der Waals surface area contributed by atoms with E-state index in [1.54, 1.807) is 30.3 Å². The Labute approximate surface area is 200 Å². The van der Waals surface area contributed by atoms with Gasteiger partial charge in [-0.1, -0.05) is 64.5 Å². The highest BCUT2D eigenvalue weighted by Gasteiger charge is 2.43. The van der Waals surface area contributed by atoms with E-state index in [4.69, 9.17) is 4.74 Å². The van der Waals surface area contributed by atoms with Crippen LogP contribution in [0.4, 0.5) is 5.69 Å². The second kappa shape index (κ2) is 9.88. The zero-order valence-electron chi connectivity index (χ0n) is 17.9. The Hall–Kier alpha value is -3.64. The molecule has 1 N–H and O–H groups in total. The summed E-state index contributed by atoms with van der Waals surface area (Å²) in [6.07, 6.45) is 3.06. The van der Waals surface area contributed by atoms with Gasteiger partial charge in [-0.2, -0.15) is 0 Å². The number of nitrogens with zero attached hydrogens (tertiary/aromatic N) is 1. The zero-order valence-corrected chi connectivity index (χ0v) is 19.5. The maximum Gasteiger partial charge on any atom is 0.294 e. The van der Waals surface area contributed by atoms with Gasteiger partial charge in [0.1, 0.15) is 5.75 Å². The summed E-state index contributed by atoms with van der Waals surface area (Å²) in [5, 5.41) is 10.8. The number of ether oxygens (including phenoxy) is 1. The number of aliphatic hydroxyl groups excluding tert-OH is 1. The Kier molecular flexibility index (Phi) is 6.75. The minimum Gasteiger partial charge on any atom is -0.503 e. The Bertz CT molecular complexity index is 1220. The molecule has 0 aromatic heterocycles. The number of allylic oxidation sites excluding steroid dienone is 1. The Morgan fingerprint density at radius 2 is 1.70 bits per heavy atom. The van der Waals surface area contributed by atoms with Gasteiger partial charge in [0.15, 0.2) is 11.5 Å². The van der Waals surface area contributed by atoms with E-state index < -0.39 is 23.5 Å². The lowest BCUT2D eigenvalue weighted by Crippen LogP contribution is -2.30. The monoisotopic (exact) mass is 503 g/mol. The number of hydrogen-bond acceptors (Lipinski definition) is 4. The van der Waals surface area contributed by atoms with Crippen LogP contribution in [0.5, 0.6) is 5.75 Å². The number of rotatable bonds is 7. The van der Waals surface area contributed by atoms with Crippen LogP contribution >= 0.6 is 15.9 Å². The summed E-state index contributed by atoms with van der Waals surface area (Å²) in [5.41, 5.74) is 2.15. The van der Waals surface area contributed by atoms with Crippen molar-refractivity contribution >= 4 is 39.4 Å². The van der Waals surface area contributed by atoms with E-state index >= 15 is 0 Å². The van der Waals surface area contributed by atoms with Gasteiger partial charge in [0.05, 0.1) is 18.2 Å². The summed E-state index contributed by atoms with van der Waals surface area (Å²) in [6.45, 7) is 2.42. The van der Waals surface area contributed by atoms with Crippen molar-refractivity contribution in [2.75, 3.05) is 11.5 Å². The molecular weight excluding hydrogens is 482 g/mol. The van der Waals surface area contributed by atoms with Gasteiger partial charge in [-0.05, 0) is 60.5 Å². The Balaban J connectivity index is 1.75. The van der Waals surface area contributed by atoms with Crippen LogP contribution in [0, 0.1) is 0 Å². The lowest BCUT2D eigenvalue weighted by Gasteiger charge is -2.27.